The van der Waals surface area contributed by atoms with Crippen LogP contribution in [0.5, 0.6) is 5.75 Å². The van der Waals surface area contributed by atoms with Gasteiger partial charge in [0.05, 0.1) is 18.1 Å². The monoisotopic (exact) mass is 638 g/mol. The van der Waals surface area contributed by atoms with Crippen molar-refractivity contribution in [2.24, 2.45) is 17.8 Å². The molecule has 0 saturated carbocycles. The number of rotatable bonds is 8. The lowest BCUT2D eigenvalue weighted by atomic mass is 9.98. The van der Waals surface area contributed by atoms with Crippen LogP contribution in [-0.2, 0) is 35.1 Å². The number of hydrogen-bond acceptors (Lipinski definition) is 7. The van der Waals surface area contributed by atoms with Gasteiger partial charge in [-0.15, -0.1) is 0 Å². The summed E-state index contributed by atoms with van der Waals surface area (Å²) >= 11 is 6.29. The number of halogens is 1. The van der Waals surface area contributed by atoms with Gasteiger partial charge < -0.3 is 24.8 Å². The number of ether oxygens (including phenoxy) is 3. The van der Waals surface area contributed by atoms with Crippen LogP contribution in [0.3, 0.4) is 0 Å². The Balaban J connectivity index is 1.90. The highest BCUT2D eigenvalue weighted by Crippen LogP contribution is 2.26. The maximum Gasteiger partial charge on any atom is 0.348 e. The largest absolute Gasteiger partial charge is 0.495 e. The second kappa shape index (κ2) is 17.4. The second-order valence-corrected chi connectivity index (χ2v) is 11.8. The first-order valence-corrected chi connectivity index (χ1v) is 15.6. The van der Waals surface area contributed by atoms with E-state index in [-0.39, 0.29) is 31.2 Å². The number of benzene rings is 2. The van der Waals surface area contributed by atoms with E-state index in [4.69, 9.17) is 25.8 Å². The molecule has 0 bridgehead atoms. The summed E-state index contributed by atoms with van der Waals surface area (Å²) in [5.74, 6) is -3.10. The van der Waals surface area contributed by atoms with Crippen molar-refractivity contribution in [3.8, 4) is 5.75 Å². The number of amides is 2. The third-order valence-corrected chi connectivity index (χ3v) is 8.09. The van der Waals surface area contributed by atoms with Crippen molar-refractivity contribution in [1.82, 2.24) is 10.6 Å². The van der Waals surface area contributed by atoms with Gasteiger partial charge in [0.1, 0.15) is 17.9 Å². The van der Waals surface area contributed by atoms with Crippen LogP contribution in [0.1, 0.15) is 51.7 Å². The van der Waals surface area contributed by atoms with Crippen LogP contribution in [0.4, 0.5) is 0 Å². The Morgan fingerprint density at radius 3 is 2.44 bits per heavy atom. The SMILES string of the molecule is CCC(C)C1OC(=O)C(C)CNC(=O)C(Cc2ccc(OC)c(Cl)c2)NC(=O)/C=C/CC(C(C)/C=C/c2ccccc2)OC1=O. The van der Waals surface area contributed by atoms with E-state index in [1.807, 2.05) is 63.3 Å². The lowest BCUT2D eigenvalue weighted by Gasteiger charge is -2.28. The molecule has 0 aliphatic carbocycles. The normalized spacial score (nSPS) is 24.1. The molecule has 2 amide bonds. The predicted molar refractivity (Wildman–Crippen MR) is 173 cm³/mol. The number of cyclic esters (lactones) is 2. The zero-order valence-electron chi connectivity index (χ0n) is 26.5. The smallest absolute Gasteiger partial charge is 0.348 e. The van der Waals surface area contributed by atoms with E-state index in [0.717, 1.165) is 5.56 Å². The standard InChI is InChI=1S/C35H43ClN2O7/c1-6-22(2)32-35(42)44-29(23(3)15-16-25-11-8-7-9-12-25)13-10-14-31(39)38-28(33(40)37-21-24(4)34(41)45-32)20-26-17-18-30(43-5)27(36)19-26/h7-12,14-19,22-24,28-29,32H,6,13,20-21H2,1-5H3,(H,37,40)(H,38,39)/b14-10+,16-15+. The molecule has 1 aliphatic heterocycles. The fourth-order valence-electron chi connectivity index (χ4n) is 4.66. The highest BCUT2D eigenvalue weighted by Gasteiger charge is 2.34. The minimum Gasteiger partial charge on any atom is -0.495 e. The maximum absolute atomic E-state index is 13.4. The van der Waals surface area contributed by atoms with Gasteiger partial charge in [0, 0.05) is 31.2 Å². The van der Waals surface area contributed by atoms with E-state index < -0.39 is 47.9 Å². The van der Waals surface area contributed by atoms with Gasteiger partial charge in [-0.3, -0.25) is 14.4 Å². The Hall–Kier alpha value is -4.11. The Morgan fingerprint density at radius 2 is 1.78 bits per heavy atom. The van der Waals surface area contributed by atoms with E-state index in [0.29, 0.717) is 22.8 Å². The van der Waals surface area contributed by atoms with Crippen molar-refractivity contribution < 1.29 is 33.4 Å². The Labute approximate surface area is 270 Å². The quantitative estimate of drug-likeness (QED) is 0.376. The van der Waals surface area contributed by atoms with Crippen LogP contribution in [0.2, 0.25) is 5.02 Å². The highest BCUT2D eigenvalue weighted by molar-refractivity contribution is 6.32. The van der Waals surface area contributed by atoms with Gasteiger partial charge in [-0.2, -0.15) is 0 Å². The average Bonchev–Trinajstić information content (AvgIpc) is 3.03. The summed E-state index contributed by atoms with van der Waals surface area (Å²) in [5.41, 5.74) is 1.69. The van der Waals surface area contributed by atoms with Crippen LogP contribution in [-0.4, -0.2) is 55.7 Å². The molecule has 0 radical (unpaired) electrons. The molecular formula is C35H43ClN2O7. The molecule has 6 unspecified atom stereocenters. The van der Waals surface area contributed by atoms with E-state index >= 15 is 0 Å². The highest BCUT2D eigenvalue weighted by atomic mass is 35.5. The van der Waals surface area contributed by atoms with Crippen LogP contribution >= 0.6 is 11.6 Å². The van der Waals surface area contributed by atoms with Crippen LogP contribution < -0.4 is 15.4 Å². The van der Waals surface area contributed by atoms with E-state index in [9.17, 15) is 19.2 Å². The first-order valence-electron chi connectivity index (χ1n) is 15.2. The number of esters is 2. The summed E-state index contributed by atoms with van der Waals surface area (Å²) in [7, 11) is 1.51. The molecule has 1 aliphatic rings. The number of hydrogen-bond donors (Lipinski definition) is 2. The topological polar surface area (TPSA) is 120 Å². The van der Waals surface area contributed by atoms with Gasteiger partial charge in [-0.25, -0.2) is 4.79 Å². The zero-order chi connectivity index (χ0) is 32.9. The lowest BCUT2D eigenvalue weighted by molar-refractivity contribution is -0.178. The van der Waals surface area contributed by atoms with Crippen molar-refractivity contribution in [3.05, 3.63) is 82.9 Å². The van der Waals surface area contributed by atoms with E-state index in [2.05, 4.69) is 10.6 Å². The second-order valence-electron chi connectivity index (χ2n) is 11.4. The lowest BCUT2D eigenvalue weighted by Crippen LogP contribution is -2.49. The molecule has 0 spiro atoms. The zero-order valence-corrected chi connectivity index (χ0v) is 27.2. The van der Waals surface area contributed by atoms with Gasteiger partial charge >= 0.3 is 11.9 Å². The molecule has 0 aromatic heterocycles. The van der Waals surface area contributed by atoms with Crippen molar-refractivity contribution >= 4 is 41.4 Å². The summed E-state index contributed by atoms with van der Waals surface area (Å²) in [6.45, 7) is 7.17. The van der Waals surface area contributed by atoms with Crippen molar-refractivity contribution in [3.63, 3.8) is 0 Å². The molecule has 2 aromatic carbocycles. The van der Waals surface area contributed by atoms with Gasteiger partial charge in [0.25, 0.3) is 0 Å². The van der Waals surface area contributed by atoms with Gasteiger partial charge in [-0.1, -0.05) is 93.9 Å². The van der Waals surface area contributed by atoms with Crippen molar-refractivity contribution in [2.75, 3.05) is 13.7 Å². The molecule has 9 nitrogen and oxygen atoms in total. The first-order chi connectivity index (χ1) is 21.5. The van der Waals surface area contributed by atoms with Crippen LogP contribution in [0.25, 0.3) is 6.08 Å². The summed E-state index contributed by atoms with van der Waals surface area (Å²) < 4.78 is 16.9. The summed E-state index contributed by atoms with van der Waals surface area (Å²) in [4.78, 5) is 52.8. The van der Waals surface area contributed by atoms with Gasteiger partial charge in [-0.05, 0) is 35.8 Å². The molecule has 6 atom stereocenters. The maximum atomic E-state index is 13.4. The molecule has 0 saturated heterocycles. The Bertz CT molecular complexity index is 1380. The van der Waals surface area contributed by atoms with Crippen molar-refractivity contribution in [1.29, 1.82) is 0 Å². The molecule has 45 heavy (non-hydrogen) atoms. The number of carbonyl (C=O) groups is 4. The van der Waals surface area contributed by atoms with Gasteiger partial charge in [0.2, 0.25) is 17.9 Å². The van der Waals surface area contributed by atoms with Gasteiger partial charge in [0.15, 0.2) is 0 Å². The van der Waals surface area contributed by atoms with Crippen molar-refractivity contribution in [2.45, 2.75) is 65.2 Å². The first kappa shape index (κ1) is 35.4. The molecule has 0 fully saturated rings. The summed E-state index contributed by atoms with van der Waals surface area (Å²) in [6.07, 6.45) is 5.96. The minimum absolute atomic E-state index is 0.0601. The third kappa shape index (κ3) is 10.8. The minimum atomic E-state index is -1.12. The summed E-state index contributed by atoms with van der Waals surface area (Å²) in [5, 5.41) is 5.85. The average molecular weight is 639 g/mol. The van der Waals surface area contributed by atoms with E-state index in [1.54, 1.807) is 31.2 Å². The molecule has 2 N–H and O–H groups in total. The molecule has 1 heterocycles. The molecule has 10 heteroatoms. The third-order valence-electron chi connectivity index (χ3n) is 7.79. The molecule has 242 valence electrons. The van der Waals surface area contributed by atoms with Crippen LogP contribution in [0.15, 0.2) is 66.8 Å². The Kier molecular flexibility index (Phi) is 13.7. The number of methoxy groups -OCH3 is 1. The summed E-state index contributed by atoms with van der Waals surface area (Å²) in [6, 6.07) is 13.9. The molecule has 2 aromatic rings. The Morgan fingerprint density at radius 1 is 1.04 bits per heavy atom. The fourth-order valence-corrected chi connectivity index (χ4v) is 4.94. The predicted octanol–water partition coefficient (Wildman–Crippen LogP) is 5.31. The molecule has 3 rings (SSSR count). The fraction of sp³-hybridized carbons (Fsp3) is 0.429. The van der Waals surface area contributed by atoms with Crippen LogP contribution in [0, 0.1) is 17.8 Å². The number of nitrogens with one attached hydrogen (secondary N) is 2. The number of carbonyl (C=O) groups excluding carboxylic acids is 4. The van der Waals surface area contributed by atoms with E-state index in [1.165, 1.54) is 13.2 Å². The molecular weight excluding hydrogens is 596 g/mol.